The van der Waals surface area contributed by atoms with Gasteiger partial charge in [0.2, 0.25) is 5.91 Å². The number of likely N-dealkylation sites (N-methyl/N-ethyl adjacent to an activating group) is 1. The van der Waals surface area contributed by atoms with Crippen LogP contribution in [-0.4, -0.2) is 33.9 Å². The molecule has 0 saturated carbocycles. The van der Waals surface area contributed by atoms with Gasteiger partial charge < -0.3 is 14.6 Å². The lowest BCUT2D eigenvalue weighted by molar-refractivity contribution is -0.126. The van der Waals surface area contributed by atoms with Crippen LogP contribution in [0.15, 0.2) is 59.4 Å². The fourth-order valence-electron chi connectivity index (χ4n) is 2.91. The predicted octanol–water partition coefficient (Wildman–Crippen LogP) is 3.38. The van der Waals surface area contributed by atoms with Crippen molar-refractivity contribution in [3.05, 3.63) is 76.3 Å². The summed E-state index contributed by atoms with van der Waals surface area (Å²) in [6.07, 6.45) is 3.26. The molecule has 0 radical (unpaired) electrons. The molecule has 6 heteroatoms. The number of amides is 1. The number of nitrogens with zero attached hydrogens (tertiary/aromatic N) is 2. The second kappa shape index (κ2) is 8.99. The monoisotopic (exact) mass is 377 g/mol. The van der Waals surface area contributed by atoms with E-state index >= 15 is 0 Å². The van der Waals surface area contributed by atoms with Crippen LogP contribution in [0.25, 0.3) is 17.0 Å². The van der Waals surface area contributed by atoms with Gasteiger partial charge in [0.1, 0.15) is 11.6 Å². The number of carbonyl (C=O) groups excluding carboxylic acids is 1. The smallest absolute Gasteiger partial charge is 0.258 e. The van der Waals surface area contributed by atoms with Gasteiger partial charge in [0, 0.05) is 18.2 Å². The Balaban J connectivity index is 1.78. The zero-order valence-corrected chi connectivity index (χ0v) is 16.0. The number of hydrogen-bond donors (Lipinski definition) is 1. The molecule has 3 rings (SSSR count). The summed E-state index contributed by atoms with van der Waals surface area (Å²) in [7, 11) is 0. The van der Waals surface area contributed by atoms with Gasteiger partial charge in [0.15, 0.2) is 0 Å². The van der Waals surface area contributed by atoms with Gasteiger partial charge in [-0.25, -0.2) is 4.98 Å². The number of carbonyl (C=O) groups is 1. The Labute approximate surface area is 163 Å². The average Bonchev–Trinajstić information content (AvgIpc) is 2.71. The SMILES string of the molecule is CCOc1ccccc1/C=C/C(=O)N(CC)Cc1nc2ccccc2c(=O)[nH]1. The lowest BCUT2D eigenvalue weighted by atomic mass is 10.2. The first-order chi connectivity index (χ1) is 13.6. The molecule has 0 aliphatic rings. The van der Waals surface area contributed by atoms with E-state index in [0.717, 1.165) is 11.3 Å². The number of ether oxygens (including phenoxy) is 1. The maximum atomic E-state index is 12.6. The number of fused-ring (bicyclic) bond motifs is 1. The number of aromatic nitrogens is 2. The molecule has 6 nitrogen and oxygen atoms in total. The van der Waals surface area contributed by atoms with Gasteiger partial charge in [-0.3, -0.25) is 9.59 Å². The molecule has 0 fully saturated rings. The number of H-pyrrole nitrogens is 1. The van der Waals surface area contributed by atoms with Gasteiger partial charge >= 0.3 is 0 Å². The van der Waals surface area contributed by atoms with E-state index in [1.165, 1.54) is 6.08 Å². The molecular formula is C22H23N3O3. The van der Waals surface area contributed by atoms with Crippen LogP contribution in [0, 0.1) is 0 Å². The lowest BCUT2D eigenvalue weighted by Gasteiger charge is -2.18. The minimum absolute atomic E-state index is 0.162. The maximum absolute atomic E-state index is 12.6. The Morgan fingerprint density at radius 1 is 1.14 bits per heavy atom. The van der Waals surface area contributed by atoms with Gasteiger partial charge in [-0.2, -0.15) is 0 Å². The normalized spacial score (nSPS) is 11.1. The number of nitrogens with one attached hydrogen (secondary N) is 1. The summed E-state index contributed by atoms with van der Waals surface area (Å²) in [4.78, 5) is 33.7. The number of rotatable bonds is 7. The van der Waals surface area contributed by atoms with Crippen molar-refractivity contribution in [3.8, 4) is 5.75 Å². The summed E-state index contributed by atoms with van der Waals surface area (Å²) in [6.45, 7) is 5.08. The third-order valence-electron chi connectivity index (χ3n) is 4.32. The average molecular weight is 377 g/mol. The highest BCUT2D eigenvalue weighted by Crippen LogP contribution is 2.19. The second-order valence-electron chi connectivity index (χ2n) is 6.19. The molecule has 0 saturated heterocycles. The Hall–Kier alpha value is -3.41. The van der Waals surface area contributed by atoms with Crippen molar-refractivity contribution >= 4 is 22.9 Å². The highest BCUT2D eigenvalue weighted by Gasteiger charge is 2.12. The summed E-state index contributed by atoms with van der Waals surface area (Å²) in [6, 6.07) is 14.7. The quantitative estimate of drug-likeness (QED) is 0.641. The molecule has 0 aliphatic carbocycles. The zero-order chi connectivity index (χ0) is 19.9. The summed E-state index contributed by atoms with van der Waals surface area (Å²) >= 11 is 0. The van der Waals surface area contributed by atoms with Crippen molar-refractivity contribution in [2.45, 2.75) is 20.4 Å². The summed E-state index contributed by atoms with van der Waals surface area (Å²) in [5.41, 5.74) is 1.25. The predicted molar refractivity (Wildman–Crippen MR) is 110 cm³/mol. The van der Waals surface area contributed by atoms with Gasteiger partial charge in [0.25, 0.3) is 5.56 Å². The van der Waals surface area contributed by atoms with E-state index in [1.807, 2.05) is 44.2 Å². The molecule has 144 valence electrons. The minimum atomic E-state index is -0.203. The van der Waals surface area contributed by atoms with Crippen LogP contribution >= 0.6 is 0 Å². The van der Waals surface area contributed by atoms with Crippen LogP contribution in [-0.2, 0) is 11.3 Å². The van der Waals surface area contributed by atoms with Crippen LogP contribution in [0.4, 0.5) is 0 Å². The van der Waals surface area contributed by atoms with Crippen LogP contribution < -0.4 is 10.3 Å². The molecule has 2 aromatic carbocycles. The third-order valence-corrected chi connectivity index (χ3v) is 4.32. The van der Waals surface area contributed by atoms with Crippen molar-refractivity contribution in [3.63, 3.8) is 0 Å². The number of para-hydroxylation sites is 2. The van der Waals surface area contributed by atoms with Crippen molar-refractivity contribution < 1.29 is 9.53 Å². The Morgan fingerprint density at radius 3 is 2.68 bits per heavy atom. The van der Waals surface area contributed by atoms with Gasteiger partial charge in [-0.05, 0) is 38.1 Å². The zero-order valence-electron chi connectivity index (χ0n) is 16.0. The van der Waals surface area contributed by atoms with E-state index in [2.05, 4.69) is 9.97 Å². The molecule has 1 amide bonds. The largest absolute Gasteiger partial charge is 0.493 e. The molecule has 0 aliphatic heterocycles. The first-order valence-corrected chi connectivity index (χ1v) is 9.29. The van der Waals surface area contributed by atoms with E-state index in [4.69, 9.17) is 4.74 Å². The van der Waals surface area contributed by atoms with Gasteiger partial charge in [-0.15, -0.1) is 0 Å². The number of aromatic amines is 1. The van der Waals surface area contributed by atoms with Crippen LogP contribution in [0.1, 0.15) is 25.2 Å². The van der Waals surface area contributed by atoms with E-state index in [-0.39, 0.29) is 18.0 Å². The van der Waals surface area contributed by atoms with E-state index in [9.17, 15) is 9.59 Å². The molecule has 1 heterocycles. The van der Waals surface area contributed by atoms with Crippen molar-refractivity contribution in [1.82, 2.24) is 14.9 Å². The van der Waals surface area contributed by atoms with Crippen molar-refractivity contribution in [2.24, 2.45) is 0 Å². The van der Waals surface area contributed by atoms with Crippen LogP contribution in [0.3, 0.4) is 0 Å². The Morgan fingerprint density at radius 2 is 1.89 bits per heavy atom. The molecule has 3 aromatic rings. The first kappa shape index (κ1) is 19.4. The molecule has 28 heavy (non-hydrogen) atoms. The number of hydrogen-bond acceptors (Lipinski definition) is 4. The van der Waals surface area contributed by atoms with Crippen molar-refractivity contribution in [2.75, 3.05) is 13.2 Å². The summed E-state index contributed by atoms with van der Waals surface area (Å²) in [5, 5.41) is 0.535. The molecule has 0 atom stereocenters. The highest BCUT2D eigenvalue weighted by atomic mass is 16.5. The second-order valence-corrected chi connectivity index (χ2v) is 6.19. The molecule has 1 N–H and O–H groups in total. The van der Waals surface area contributed by atoms with E-state index in [0.29, 0.717) is 29.9 Å². The van der Waals surface area contributed by atoms with E-state index in [1.54, 1.807) is 29.2 Å². The van der Waals surface area contributed by atoms with Gasteiger partial charge in [0.05, 0.1) is 24.1 Å². The highest BCUT2D eigenvalue weighted by molar-refractivity contribution is 5.92. The number of benzene rings is 2. The third kappa shape index (κ3) is 4.46. The summed E-state index contributed by atoms with van der Waals surface area (Å²) in [5.74, 6) is 1.03. The van der Waals surface area contributed by atoms with Crippen molar-refractivity contribution in [1.29, 1.82) is 0 Å². The first-order valence-electron chi connectivity index (χ1n) is 9.29. The van der Waals surface area contributed by atoms with E-state index < -0.39 is 0 Å². The minimum Gasteiger partial charge on any atom is -0.493 e. The topological polar surface area (TPSA) is 75.3 Å². The standard InChI is InChI=1S/C22H23N3O3/c1-3-25(15-20-23-18-11-7-6-10-17(18)22(27)24-20)21(26)14-13-16-9-5-8-12-19(16)28-4-2/h5-14H,3-4,15H2,1-2H3,(H,23,24,27)/b14-13+. The maximum Gasteiger partial charge on any atom is 0.258 e. The van der Waals surface area contributed by atoms with Crippen LogP contribution in [0.5, 0.6) is 5.75 Å². The molecule has 0 spiro atoms. The lowest BCUT2D eigenvalue weighted by Crippen LogP contribution is -2.30. The molecular weight excluding hydrogens is 354 g/mol. The summed E-state index contributed by atoms with van der Waals surface area (Å²) < 4.78 is 5.58. The fourth-order valence-corrected chi connectivity index (χ4v) is 2.91. The van der Waals surface area contributed by atoms with Crippen LogP contribution in [0.2, 0.25) is 0 Å². The molecule has 1 aromatic heterocycles. The Kier molecular flexibility index (Phi) is 6.22. The van der Waals surface area contributed by atoms with Gasteiger partial charge in [-0.1, -0.05) is 30.3 Å². The molecule has 0 bridgehead atoms. The molecule has 0 unspecified atom stereocenters. The Bertz CT molecular complexity index is 1060. The fraction of sp³-hybridized carbons (Fsp3) is 0.227.